The number of benzene rings is 1. The number of nitrogens with zero attached hydrogens (tertiary/aromatic N) is 2. The van der Waals surface area contributed by atoms with E-state index in [2.05, 4.69) is 17.0 Å². The van der Waals surface area contributed by atoms with Gasteiger partial charge in [-0.15, -0.1) is 10.3 Å². The van der Waals surface area contributed by atoms with Crippen LogP contribution in [-0.4, -0.2) is 44.7 Å². The smallest absolute Gasteiger partial charge is 0.325 e. The number of esters is 1. The molecule has 1 aromatic carbocycles. The highest BCUT2D eigenvalue weighted by Gasteiger charge is 2.62. The summed E-state index contributed by atoms with van der Waals surface area (Å²) in [4.78, 5) is 15.0. The summed E-state index contributed by atoms with van der Waals surface area (Å²) in [5, 5.41) is 13.9. The predicted molar refractivity (Wildman–Crippen MR) is 104 cm³/mol. The summed E-state index contributed by atoms with van der Waals surface area (Å²) < 4.78 is 5.67. The lowest BCUT2D eigenvalue weighted by Crippen LogP contribution is -2.47. The maximum atomic E-state index is 12.9. The highest BCUT2D eigenvalue weighted by Crippen LogP contribution is 2.48. The zero-order valence-corrected chi connectivity index (χ0v) is 17.4. The molecule has 147 valence electrons. The molecule has 1 aromatic rings. The molecule has 0 spiro atoms. The van der Waals surface area contributed by atoms with Gasteiger partial charge in [-0.05, 0) is 59.6 Å². The molecule has 2 heterocycles. The quantitative estimate of drug-likeness (QED) is 0.460. The average molecular weight is 372 g/mol. The van der Waals surface area contributed by atoms with Gasteiger partial charge in [0, 0.05) is 6.54 Å². The van der Waals surface area contributed by atoms with Crippen molar-refractivity contribution in [2.24, 2.45) is 0 Å². The minimum Gasteiger partial charge on any atom is -0.459 e. The molecule has 0 aliphatic carbocycles. The number of hydrogen-bond donors (Lipinski definition) is 0. The lowest BCUT2D eigenvalue weighted by atomic mass is 9.92. The first-order valence-electron chi connectivity index (χ1n) is 9.58. The van der Waals surface area contributed by atoms with Crippen LogP contribution >= 0.6 is 0 Å². The zero-order chi connectivity index (χ0) is 20.2. The molecule has 1 fully saturated rings. The number of hydroxylamine groups is 2. The minimum absolute atomic E-state index is 0.103. The van der Waals surface area contributed by atoms with Crippen LogP contribution in [0.3, 0.4) is 0 Å². The topological polar surface area (TPSA) is 52.4 Å². The Kier molecular flexibility index (Phi) is 4.78. The molecule has 27 heavy (non-hydrogen) atoms. The number of rotatable bonds is 4. The molecule has 5 heteroatoms. The molecule has 5 nitrogen and oxygen atoms in total. The van der Waals surface area contributed by atoms with E-state index in [1.165, 1.54) is 0 Å². The monoisotopic (exact) mass is 371 g/mol. The van der Waals surface area contributed by atoms with Crippen molar-refractivity contribution in [2.45, 2.75) is 83.8 Å². The van der Waals surface area contributed by atoms with Crippen LogP contribution in [0.4, 0.5) is 0 Å². The highest BCUT2D eigenvalue weighted by atomic mass is 16.6. The second kappa shape index (κ2) is 6.43. The van der Waals surface area contributed by atoms with Gasteiger partial charge in [-0.2, -0.15) is 0 Å². The van der Waals surface area contributed by atoms with Crippen molar-refractivity contribution in [3.63, 3.8) is 0 Å². The molecule has 0 N–H and O–H groups in total. The molecule has 3 rings (SSSR count). The largest absolute Gasteiger partial charge is 0.459 e. The highest BCUT2D eigenvalue weighted by molar-refractivity contribution is 5.82. The molecule has 3 atom stereocenters. The lowest BCUT2D eigenvalue weighted by molar-refractivity contribution is -0.238. The Balaban J connectivity index is 1.90. The van der Waals surface area contributed by atoms with Gasteiger partial charge in [0.1, 0.15) is 11.6 Å². The van der Waals surface area contributed by atoms with Crippen molar-refractivity contribution in [1.29, 1.82) is 0 Å². The molecular formula is C22H31N2O3. The number of ether oxygens (including phenoxy) is 1. The Morgan fingerprint density at radius 2 is 1.70 bits per heavy atom. The van der Waals surface area contributed by atoms with Crippen LogP contribution in [0.15, 0.2) is 42.0 Å². The van der Waals surface area contributed by atoms with E-state index in [1.54, 1.807) is 0 Å². The van der Waals surface area contributed by atoms with Gasteiger partial charge >= 0.3 is 5.97 Å². The van der Waals surface area contributed by atoms with E-state index in [-0.39, 0.29) is 18.1 Å². The van der Waals surface area contributed by atoms with Gasteiger partial charge in [0.25, 0.3) is 0 Å². The second-order valence-electron chi connectivity index (χ2n) is 9.69. The first-order chi connectivity index (χ1) is 12.3. The fraction of sp³-hybridized carbons (Fsp3) is 0.591. The third-order valence-electron chi connectivity index (χ3n) is 5.35. The predicted octanol–water partition coefficient (Wildman–Crippen LogP) is 3.73. The van der Waals surface area contributed by atoms with Crippen molar-refractivity contribution in [3.05, 3.63) is 47.5 Å². The second-order valence-corrected chi connectivity index (χ2v) is 9.69. The van der Waals surface area contributed by atoms with E-state index in [0.29, 0.717) is 6.54 Å². The van der Waals surface area contributed by atoms with E-state index in [9.17, 15) is 10.0 Å². The fourth-order valence-corrected chi connectivity index (χ4v) is 4.14. The van der Waals surface area contributed by atoms with Crippen molar-refractivity contribution in [2.75, 3.05) is 0 Å². The summed E-state index contributed by atoms with van der Waals surface area (Å²) in [5.41, 5.74) is 0.377. The first kappa shape index (κ1) is 20.1. The van der Waals surface area contributed by atoms with Crippen molar-refractivity contribution < 1.29 is 14.7 Å². The Labute approximate surface area is 162 Å². The van der Waals surface area contributed by atoms with Gasteiger partial charge in [0.05, 0.1) is 17.1 Å². The van der Waals surface area contributed by atoms with Gasteiger partial charge in [0.15, 0.2) is 0 Å². The van der Waals surface area contributed by atoms with Crippen LogP contribution in [0.5, 0.6) is 0 Å². The van der Waals surface area contributed by atoms with E-state index in [0.717, 1.165) is 16.2 Å². The van der Waals surface area contributed by atoms with Crippen LogP contribution in [0.25, 0.3) is 0 Å². The molecule has 1 saturated heterocycles. The molecule has 0 aromatic heterocycles. The Morgan fingerprint density at radius 1 is 1.11 bits per heavy atom. The standard InChI is InChI=1S/C22H31N2O3/c1-20(2,3)27-19(25)18-17(23(18)14-15-11-9-8-10-12-15)16-13-21(4,5)24(26)22(16,6)7/h8-13,17-18H,14H2,1-7H3/t17-,18-,23?/m0/s1. The maximum absolute atomic E-state index is 12.9. The van der Waals surface area contributed by atoms with Crippen molar-refractivity contribution >= 4 is 5.97 Å². The molecule has 0 saturated carbocycles. The molecule has 2 aliphatic rings. The van der Waals surface area contributed by atoms with Crippen LogP contribution in [-0.2, 0) is 21.3 Å². The van der Waals surface area contributed by atoms with Crippen LogP contribution < -0.4 is 0 Å². The van der Waals surface area contributed by atoms with Crippen molar-refractivity contribution in [3.8, 4) is 0 Å². The summed E-state index contributed by atoms with van der Waals surface area (Å²) >= 11 is 0. The minimum atomic E-state index is -0.653. The van der Waals surface area contributed by atoms with Gasteiger partial charge < -0.3 is 4.74 Å². The summed E-state index contributed by atoms with van der Waals surface area (Å²) in [5.74, 6) is -0.220. The first-order valence-corrected chi connectivity index (χ1v) is 9.58. The van der Waals surface area contributed by atoms with E-state index in [4.69, 9.17) is 4.74 Å². The van der Waals surface area contributed by atoms with E-state index in [1.807, 2.05) is 72.7 Å². The summed E-state index contributed by atoms with van der Waals surface area (Å²) in [7, 11) is 0. The SMILES string of the molecule is CC(C)(C)OC(=O)[C@@H]1[C@H](C2=CC(C)(C)N([O])C2(C)C)N1Cc1ccccc1. The molecule has 1 unspecified atom stereocenters. The molecule has 0 bridgehead atoms. The van der Waals surface area contributed by atoms with Gasteiger partial charge in [-0.25, -0.2) is 0 Å². The summed E-state index contributed by atoms with van der Waals surface area (Å²) in [6.07, 6.45) is 2.03. The van der Waals surface area contributed by atoms with E-state index < -0.39 is 16.7 Å². The molecule has 2 aliphatic heterocycles. The van der Waals surface area contributed by atoms with Gasteiger partial charge in [-0.3, -0.25) is 9.69 Å². The Bertz CT molecular complexity index is 747. The van der Waals surface area contributed by atoms with Crippen LogP contribution in [0.1, 0.15) is 54.0 Å². The fourth-order valence-electron chi connectivity index (χ4n) is 4.14. The Morgan fingerprint density at radius 3 is 2.19 bits per heavy atom. The zero-order valence-electron chi connectivity index (χ0n) is 17.4. The van der Waals surface area contributed by atoms with E-state index >= 15 is 0 Å². The molecule has 1 radical (unpaired) electrons. The van der Waals surface area contributed by atoms with Crippen LogP contribution in [0.2, 0.25) is 0 Å². The maximum Gasteiger partial charge on any atom is 0.325 e. The lowest BCUT2D eigenvalue weighted by Gasteiger charge is -2.34. The third-order valence-corrected chi connectivity index (χ3v) is 5.35. The number of carbonyl (C=O) groups is 1. The number of carbonyl (C=O) groups excluding carboxylic acids is 1. The number of hydrogen-bond acceptors (Lipinski definition) is 4. The molecule has 0 amide bonds. The van der Waals surface area contributed by atoms with Crippen LogP contribution in [0, 0.1) is 0 Å². The normalized spacial score (nSPS) is 29.3. The summed E-state index contributed by atoms with van der Waals surface area (Å²) in [6.45, 7) is 14.0. The summed E-state index contributed by atoms with van der Waals surface area (Å²) in [6, 6.07) is 9.63. The van der Waals surface area contributed by atoms with Crippen molar-refractivity contribution in [1.82, 2.24) is 9.96 Å². The molecular weight excluding hydrogens is 340 g/mol. The third kappa shape index (κ3) is 3.82. The average Bonchev–Trinajstić information content (AvgIpc) is 3.20. The van der Waals surface area contributed by atoms with Gasteiger partial charge in [-0.1, -0.05) is 36.4 Å². The Hall–Kier alpha value is -1.69. The van der Waals surface area contributed by atoms with Gasteiger partial charge in [0.2, 0.25) is 0 Å².